The lowest BCUT2D eigenvalue weighted by atomic mass is 10.1. The molecule has 0 fully saturated rings. The van der Waals surface area contributed by atoms with Gasteiger partial charge in [0.05, 0.1) is 24.9 Å². The summed E-state index contributed by atoms with van der Waals surface area (Å²) in [7, 11) is 1.11. The maximum Gasteiger partial charge on any atom is 0.420 e. The van der Waals surface area contributed by atoms with Crippen LogP contribution < -0.4 is 14.4 Å². The average Bonchev–Trinajstić information content (AvgIpc) is 2.47. The van der Waals surface area contributed by atoms with Crippen molar-refractivity contribution in [2.75, 3.05) is 31.8 Å². The Hall–Kier alpha value is -2.45. The number of amides is 1. The highest BCUT2D eigenvalue weighted by atomic mass is 19.4. The lowest BCUT2D eigenvalue weighted by Gasteiger charge is -2.30. The second kappa shape index (κ2) is 6.35. The molecule has 1 heterocycles. The van der Waals surface area contributed by atoms with Gasteiger partial charge in [0.25, 0.3) is 5.91 Å². The molecule has 0 aromatic heterocycles. The molecule has 0 saturated carbocycles. The van der Waals surface area contributed by atoms with Crippen molar-refractivity contribution in [2.24, 2.45) is 0 Å². The number of nitrogens with zero attached hydrogens (tertiary/aromatic N) is 1. The van der Waals surface area contributed by atoms with Gasteiger partial charge in [0, 0.05) is 13.0 Å². The van der Waals surface area contributed by atoms with Crippen molar-refractivity contribution in [1.29, 1.82) is 0 Å². The van der Waals surface area contributed by atoms with Crippen LogP contribution in [0.25, 0.3) is 0 Å². The number of carbonyl (C=O) groups excluding carboxylic acids is 2. The summed E-state index contributed by atoms with van der Waals surface area (Å²) in [6, 6.07) is 1.88. The topological polar surface area (TPSA) is 65.1 Å². The number of methoxy groups -OCH3 is 1. The number of rotatable bonds is 4. The number of esters is 1. The summed E-state index contributed by atoms with van der Waals surface area (Å²) < 4.78 is 53.9. The number of alkyl halides is 3. The minimum Gasteiger partial charge on any atom is -0.496 e. The van der Waals surface area contributed by atoms with Crippen molar-refractivity contribution in [3.63, 3.8) is 0 Å². The van der Waals surface area contributed by atoms with Gasteiger partial charge >= 0.3 is 12.1 Å². The van der Waals surface area contributed by atoms with Gasteiger partial charge in [-0.15, -0.1) is 0 Å². The Morgan fingerprint density at radius 1 is 1.39 bits per heavy atom. The lowest BCUT2D eigenvalue weighted by molar-refractivity contribution is -0.141. The van der Waals surface area contributed by atoms with Crippen LogP contribution in [0.4, 0.5) is 18.9 Å². The number of hydrogen-bond acceptors (Lipinski definition) is 5. The first-order chi connectivity index (χ1) is 10.7. The summed E-state index contributed by atoms with van der Waals surface area (Å²) in [5.74, 6) is -1.37. The molecule has 0 bridgehead atoms. The van der Waals surface area contributed by atoms with E-state index in [0.29, 0.717) is 0 Å². The quantitative estimate of drug-likeness (QED) is 0.789. The van der Waals surface area contributed by atoms with E-state index in [2.05, 4.69) is 0 Å². The Morgan fingerprint density at radius 3 is 2.65 bits per heavy atom. The number of halogens is 3. The molecule has 2 rings (SSSR count). The van der Waals surface area contributed by atoms with Gasteiger partial charge in [-0.25, -0.2) is 0 Å². The van der Waals surface area contributed by atoms with Crippen molar-refractivity contribution in [2.45, 2.75) is 13.1 Å². The summed E-state index contributed by atoms with van der Waals surface area (Å²) >= 11 is 0. The summed E-state index contributed by atoms with van der Waals surface area (Å²) in [4.78, 5) is 23.8. The summed E-state index contributed by atoms with van der Waals surface area (Å²) in [6.45, 7) is 0.676. The second-order valence-electron chi connectivity index (χ2n) is 4.69. The van der Waals surface area contributed by atoms with Crippen LogP contribution in [-0.4, -0.2) is 38.7 Å². The number of hydrogen-bond donors (Lipinski definition) is 0. The van der Waals surface area contributed by atoms with Gasteiger partial charge in [-0.1, -0.05) is 0 Å². The maximum absolute atomic E-state index is 13.1. The smallest absolute Gasteiger partial charge is 0.420 e. The van der Waals surface area contributed by atoms with Crippen molar-refractivity contribution in [3.8, 4) is 11.5 Å². The first-order valence-corrected chi connectivity index (χ1v) is 6.59. The van der Waals surface area contributed by atoms with Crippen LogP contribution in [0, 0.1) is 0 Å². The van der Waals surface area contributed by atoms with Crippen LogP contribution >= 0.6 is 0 Å². The Balaban J connectivity index is 2.39. The molecule has 0 aliphatic carbocycles. The molecule has 1 amide bonds. The van der Waals surface area contributed by atoms with Crippen molar-refractivity contribution in [1.82, 2.24) is 0 Å². The largest absolute Gasteiger partial charge is 0.496 e. The van der Waals surface area contributed by atoms with E-state index < -0.39 is 29.4 Å². The molecule has 6 nitrogen and oxygen atoms in total. The van der Waals surface area contributed by atoms with Crippen LogP contribution in [-0.2, 0) is 20.5 Å². The molecule has 0 N–H and O–H groups in total. The first-order valence-electron chi connectivity index (χ1n) is 6.59. The Labute approximate surface area is 129 Å². The molecule has 1 aromatic carbocycles. The highest BCUT2D eigenvalue weighted by Crippen LogP contribution is 2.44. The predicted molar refractivity (Wildman–Crippen MR) is 72.5 cm³/mol. The third-order valence-electron chi connectivity index (χ3n) is 3.15. The molecule has 23 heavy (non-hydrogen) atoms. The van der Waals surface area contributed by atoms with E-state index in [9.17, 15) is 22.8 Å². The molecule has 126 valence electrons. The molecule has 0 atom stereocenters. The summed E-state index contributed by atoms with van der Waals surface area (Å²) in [6.07, 6.45) is -4.65. The molecule has 0 radical (unpaired) electrons. The molecular formula is C14H14F3NO5. The summed E-state index contributed by atoms with van der Waals surface area (Å²) in [5.41, 5.74) is -1.06. The zero-order chi connectivity index (χ0) is 17.2. The highest BCUT2D eigenvalue weighted by molar-refractivity contribution is 5.98. The van der Waals surface area contributed by atoms with Gasteiger partial charge in [0.1, 0.15) is 18.1 Å². The van der Waals surface area contributed by atoms with Crippen LogP contribution in [0.3, 0.4) is 0 Å². The van der Waals surface area contributed by atoms with Crippen molar-refractivity contribution < 1.29 is 37.0 Å². The van der Waals surface area contributed by atoms with Crippen molar-refractivity contribution >= 4 is 17.6 Å². The van der Waals surface area contributed by atoms with E-state index in [4.69, 9.17) is 14.2 Å². The fourth-order valence-corrected chi connectivity index (χ4v) is 2.14. The number of ether oxygens (including phenoxy) is 3. The minimum atomic E-state index is -4.65. The molecule has 9 heteroatoms. The second-order valence-corrected chi connectivity index (χ2v) is 4.69. The van der Waals surface area contributed by atoms with Gasteiger partial charge < -0.3 is 19.1 Å². The van der Waals surface area contributed by atoms with E-state index in [0.717, 1.165) is 24.1 Å². The van der Waals surface area contributed by atoms with Crippen LogP contribution in [0.2, 0.25) is 0 Å². The average molecular weight is 333 g/mol. The molecule has 0 saturated heterocycles. The molecular weight excluding hydrogens is 319 g/mol. The highest BCUT2D eigenvalue weighted by Gasteiger charge is 2.37. The third kappa shape index (κ3) is 3.66. The zero-order valence-electron chi connectivity index (χ0n) is 12.4. The molecule has 1 aliphatic heterocycles. The monoisotopic (exact) mass is 333 g/mol. The molecule has 0 spiro atoms. The van der Waals surface area contributed by atoms with Crippen LogP contribution in [0.5, 0.6) is 11.5 Å². The van der Waals surface area contributed by atoms with E-state index in [1.54, 1.807) is 0 Å². The van der Waals surface area contributed by atoms with Gasteiger partial charge in [0.2, 0.25) is 0 Å². The number of fused-ring (bicyclic) bond motifs is 1. The fraction of sp³-hybridized carbons (Fsp3) is 0.429. The molecule has 1 aromatic rings. The van der Waals surface area contributed by atoms with E-state index in [1.165, 1.54) is 6.92 Å². The number of benzene rings is 1. The SMILES string of the molecule is COc1cc2c(cc1C(F)(F)F)N(CCOC(C)=O)C(=O)CO2. The van der Waals surface area contributed by atoms with Crippen LogP contribution in [0.1, 0.15) is 12.5 Å². The minimum absolute atomic E-state index is 0.0403. The van der Waals surface area contributed by atoms with E-state index in [-0.39, 0.29) is 31.2 Å². The molecule has 0 unspecified atom stereocenters. The van der Waals surface area contributed by atoms with Crippen molar-refractivity contribution in [3.05, 3.63) is 17.7 Å². The van der Waals surface area contributed by atoms with E-state index in [1.807, 2.05) is 0 Å². The number of carbonyl (C=O) groups is 2. The van der Waals surface area contributed by atoms with Gasteiger partial charge in [-0.05, 0) is 6.07 Å². The van der Waals surface area contributed by atoms with Gasteiger partial charge in [0.15, 0.2) is 6.61 Å². The molecule has 1 aliphatic rings. The zero-order valence-corrected chi connectivity index (χ0v) is 12.4. The lowest BCUT2D eigenvalue weighted by Crippen LogP contribution is -2.41. The maximum atomic E-state index is 13.1. The Bertz CT molecular complexity index is 630. The van der Waals surface area contributed by atoms with Gasteiger partial charge in [-0.2, -0.15) is 13.2 Å². The number of anilines is 1. The third-order valence-corrected chi connectivity index (χ3v) is 3.15. The fourth-order valence-electron chi connectivity index (χ4n) is 2.14. The normalized spacial score (nSPS) is 14.1. The van der Waals surface area contributed by atoms with E-state index >= 15 is 0 Å². The standard InChI is InChI=1S/C14H14F3NO5/c1-8(19)22-4-3-18-10-5-9(14(15,16)17)11(21-2)6-12(10)23-7-13(18)20/h5-6H,3-4,7H2,1-2H3. The Morgan fingerprint density at radius 2 is 2.09 bits per heavy atom. The Kier molecular flexibility index (Phi) is 4.67. The first kappa shape index (κ1) is 16.9. The summed E-state index contributed by atoms with van der Waals surface area (Å²) in [5, 5.41) is 0. The predicted octanol–water partition coefficient (Wildman–Crippen LogP) is 2.00. The van der Waals surface area contributed by atoms with Gasteiger partial charge in [-0.3, -0.25) is 9.59 Å². The van der Waals surface area contributed by atoms with Crippen LogP contribution in [0.15, 0.2) is 12.1 Å².